The van der Waals surface area contributed by atoms with E-state index in [1.165, 1.54) is 4.31 Å². The molecule has 0 aliphatic carbocycles. The van der Waals surface area contributed by atoms with Crippen LogP contribution in [0.15, 0.2) is 12.4 Å². The van der Waals surface area contributed by atoms with E-state index in [0.717, 1.165) is 45.1 Å². The second-order valence-corrected chi connectivity index (χ2v) is 8.33. The van der Waals surface area contributed by atoms with E-state index in [2.05, 4.69) is 19.4 Å². The predicted molar refractivity (Wildman–Crippen MR) is 87.0 cm³/mol. The molecule has 1 aromatic heterocycles. The second kappa shape index (κ2) is 7.54. The topological polar surface area (TPSA) is 61.7 Å². The number of hydrogen-bond donors (Lipinski definition) is 0. The molecule has 1 aliphatic rings. The first-order chi connectivity index (χ1) is 10.4. The van der Waals surface area contributed by atoms with Crippen molar-refractivity contribution in [2.45, 2.75) is 13.0 Å². The molecule has 1 aliphatic heterocycles. The number of piperazine rings is 1. The van der Waals surface area contributed by atoms with Gasteiger partial charge in [0.1, 0.15) is 5.82 Å². The third kappa shape index (κ3) is 4.77. The van der Waals surface area contributed by atoms with Gasteiger partial charge in [0.25, 0.3) is 0 Å². The predicted octanol–water partition coefficient (Wildman–Crippen LogP) is -0.181. The normalized spacial score (nSPS) is 18.2. The minimum atomic E-state index is -3.06. The van der Waals surface area contributed by atoms with Crippen molar-refractivity contribution in [3.05, 3.63) is 18.2 Å². The van der Waals surface area contributed by atoms with Crippen LogP contribution in [0.3, 0.4) is 0 Å². The minimum Gasteiger partial charge on any atom is -0.337 e. The van der Waals surface area contributed by atoms with Crippen LogP contribution in [0.1, 0.15) is 12.2 Å². The molecule has 2 rings (SSSR count). The Bertz CT molecular complexity index is 562. The summed E-state index contributed by atoms with van der Waals surface area (Å²) in [6.07, 6.45) is 4.49. The van der Waals surface area contributed by atoms with Gasteiger partial charge in [-0.25, -0.2) is 17.7 Å². The van der Waals surface area contributed by atoms with Crippen LogP contribution >= 0.6 is 0 Å². The first-order valence-electron chi connectivity index (χ1n) is 7.69. The Labute approximate surface area is 133 Å². The number of nitrogens with zero attached hydrogens (tertiary/aromatic N) is 5. The van der Waals surface area contributed by atoms with Crippen LogP contribution in [0.25, 0.3) is 0 Å². The molecule has 0 unspecified atom stereocenters. The molecular weight excluding hydrogens is 302 g/mol. The number of aryl methyl sites for hydroxylation is 1. The van der Waals surface area contributed by atoms with Crippen LogP contribution in [-0.2, 0) is 23.6 Å². The Morgan fingerprint density at radius 2 is 1.82 bits per heavy atom. The molecule has 0 N–H and O–H groups in total. The van der Waals surface area contributed by atoms with Crippen LogP contribution < -0.4 is 0 Å². The molecule has 0 bridgehead atoms. The number of aromatic nitrogens is 2. The van der Waals surface area contributed by atoms with Crippen LogP contribution in [0.4, 0.5) is 0 Å². The zero-order chi connectivity index (χ0) is 16.2. The number of rotatable bonds is 7. The van der Waals surface area contributed by atoms with Crippen LogP contribution in [0.2, 0.25) is 0 Å². The van der Waals surface area contributed by atoms with E-state index in [1.807, 2.05) is 19.4 Å². The second-order valence-electron chi connectivity index (χ2n) is 6.02. The van der Waals surface area contributed by atoms with Crippen molar-refractivity contribution < 1.29 is 8.42 Å². The van der Waals surface area contributed by atoms with Crippen molar-refractivity contribution in [3.8, 4) is 0 Å². The molecule has 0 atom stereocenters. The highest BCUT2D eigenvalue weighted by Gasteiger charge is 2.19. The summed E-state index contributed by atoms with van der Waals surface area (Å²) in [5.74, 6) is 1.32. The Morgan fingerprint density at radius 1 is 1.18 bits per heavy atom. The van der Waals surface area contributed by atoms with Gasteiger partial charge in [0, 0.05) is 59.7 Å². The van der Waals surface area contributed by atoms with Gasteiger partial charge in [-0.1, -0.05) is 0 Å². The smallest absolute Gasteiger partial charge is 0.213 e. The Hall–Kier alpha value is -0.960. The molecule has 0 spiro atoms. The lowest BCUT2D eigenvalue weighted by Crippen LogP contribution is -2.46. The summed E-state index contributed by atoms with van der Waals surface area (Å²) < 4.78 is 26.8. The molecule has 1 fully saturated rings. The molecule has 0 saturated carbocycles. The lowest BCUT2D eigenvalue weighted by Gasteiger charge is -2.34. The fraction of sp³-hybridized carbons (Fsp3) is 0.786. The van der Waals surface area contributed by atoms with Gasteiger partial charge in [-0.3, -0.25) is 4.90 Å². The zero-order valence-corrected chi connectivity index (χ0v) is 14.6. The SMILES string of the molecule is CN(C)S(=O)(=O)CCCN1CCN(Cc2nccn2C)CC1. The lowest BCUT2D eigenvalue weighted by molar-refractivity contribution is 0.124. The average Bonchev–Trinajstić information content (AvgIpc) is 2.86. The largest absolute Gasteiger partial charge is 0.337 e. The number of hydrogen-bond acceptors (Lipinski definition) is 5. The quantitative estimate of drug-likeness (QED) is 0.694. The summed E-state index contributed by atoms with van der Waals surface area (Å²) in [6.45, 7) is 5.73. The fourth-order valence-electron chi connectivity index (χ4n) is 2.57. The summed E-state index contributed by atoms with van der Waals surface area (Å²) >= 11 is 0. The van der Waals surface area contributed by atoms with E-state index >= 15 is 0 Å². The monoisotopic (exact) mass is 329 g/mol. The van der Waals surface area contributed by atoms with E-state index in [0.29, 0.717) is 6.42 Å². The van der Waals surface area contributed by atoms with Crippen molar-refractivity contribution in [1.29, 1.82) is 0 Å². The molecule has 0 amide bonds. The maximum atomic E-state index is 11.7. The summed E-state index contributed by atoms with van der Waals surface area (Å²) in [5, 5.41) is 0. The van der Waals surface area contributed by atoms with E-state index in [-0.39, 0.29) is 5.75 Å². The van der Waals surface area contributed by atoms with Gasteiger partial charge in [0.05, 0.1) is 12.3 Å². The third-order valence-electron chi connectivity index (χ3n) is 4.18. The number of sulfonamides is 1. The van der Waals surface area contributed by atoms with Crippen LogP contribution in [0, 0.1) is 0 Å². The average molecular weight is 329 g/mol. The lowest BCUT2D eigenvalue weighted by atomic mass is 10.3. The zero-order valence-electron chi connectivity index (χ0n) is 13.8. The van der Waals surface area contributed by atoms with Crippen molar-refractivity contribution in [1.82, 2.24) is 23.7 Å². The highest BCUT2D eigenvalue weighted by molar-refractivity contribution is 7.89. The Morgan fingerprint density at radius 3 is 2.36 bits per heavy atom. The standard InChI is InChI=1S/C14H27N5O2S/c1-16(2)22(20,21)12-4-6-18-8-10-19(11-9-18)13-14-15-5-7-17(14)3/h5,7H,4,6,8-13H2,1-3H3. The van der Waals surface area contributed by atoms with Crippen molar-refractivity contribution >= 4 is 10.0 Å². The van der Waals surface area contributed by atoms with Crippen molar-refractivity contribution in [2.24, 2.45) is 7.05 Å². The van der Waals surface area contributed by atoms with E-state index in [9.17, 15) is 8.42 Å². The molecule has 8 heteroatoms. The maximum Gasteiger partial charge on any atom is 0.213 e. The first kappa shape index (κ1) is 17.4. The molecule has 7 nitrogen and oxygen atoms in total. The van der Waals surface area contributed by atoms with Crippen LogP contribution in [0.5, 0.6) is 0 Å². The fourth-order valence-corrected chi connectivity index (χ4v) is 3.43. The highest BCUT2D eigenvalue weighted by atomic mass is 32.2. The van der Waals surface area contributed by atoms with Gasteiger partial charge in [-0.15, -0.1) is 0 Å². The molecule has 126 valence electrons. The van der Waals surface area contributed by atoms with Gasteiger partial charge in [-0.05, 0) is 13.0 Å². The molecule has 2 heterocycles. The molecular formula is C14H27N5O2S. The van der Waals surface area contributed by atoms with Gasteiger partial charge < -0.3 is 9.47 Å². The Balaban J connectivity index is 1.68. The molecule has 22 heavy (non-hydrogen) atoms. The summed E-state index contributed by atoms with van der Waals surface area (Å²) in [7, 11) is 2.13. The molecule has 1 saturated heterocycles. The summed E-state index contributed by atoms with van der Waals surface area (Å²) in [6, 6.07) is 0. The van der Waals surface area contributed by atoms with E-state index in [1.54, 1.807) is 14.1 Å². The molecule has 0 radical (unpaired) electrons. The van der Waals surface area contributed by atoms with Gasteiger partial charge in [-0.2, -0.15) is 0 Å². The molecule has 1 aromatic rings. The van der Waals surface area contributed by atoms with Crippen molar-refractivity contribution in [2.75, 3.05) is 52.6 Å². The third-order valence-corrected chi connectivity index (χ3v) is 6.10. The van der Waals surface area contributed by atoms with E-state index < -0.39 is 10.0 Å². The first-order valence-corrected chi connectivity index (χ1v) is 9.30. The van der Waals surface area contributed by atoms with Gasteiger partial charge >= 0.3 is 0 Å². The maximum absolute atomic E-state index is 11.7. The summed E-state index contributed by atoms with van der Waals surface area (Å²) in [4.78, 5) is 9.10. The van der Waals surface area contributed by atoms with Gasteiger partial charge in [0.15, 0.2) is 0 Å². The van der Waals surface area contributed by atoms with Crippen LogP contribution in [-0.4, -0.2) is 84.6 Å². The minimum absolute atomic E-state index is 0.230. The summed E-state index contributed by atoms with van der Waals surface area (Å²) in [5.41, 5.74) is 0. The number of imidazole rings is 1. The Kier molecular flexibility index (Phi) is 5.96. The van der Waals surface area contributed by atoms with E-state index in [4.69, 9.17) is 0 Å². The van der Waals surface area contributed by atoms with Crippen molar-refractivity contribution in [3.63, 3.8) is 0 Å². The molecule has 0 aromatic carbocycles. The van der Waals surface area contributed by atoms with Gasteiger partial charge in [0.2, 0.25) is 10.0 Å². The highest BCUT2D eigenvalue weighted by Crippen LogP contribution is 2.08.